The van der Waals surface area contributed by atoms with Crippen molar-refractivity contribution in [1.29, 1.82) is 0 Å². The molecular formula is C40H54N4O2. The third-order valence-electron chi connectivity index (χ3n) is 9.81. The fourth-order valence-corrected chi connectivity index (χ4v) is 6.77. The lowest BCUT2D eigenvalue weighted by Crippen LogP contribution is -2.47. The molecule has 0 radical (unpaired) electrons. The molecule has 6 heteroatoms. The average Bonchev–Trinajstić information content (AvgIpc) is 3.10. The van der Waals surface area contributed by atoms with Crippen LogP contribution in [0.4, 0.5) is 0 Å². The van der Waals surface area contributed by atoms with Gasteiger partial charge in [-0.3, -0.25) is 14.6 Å². The zero-order valence-corrected chi connectivity index (χ0v) is 28.4. The van der Waals surface area contributed by atoms with Crippen molar-refractivity contribution in [1.82, 2.24) is 19.7 Å². The van der Waals surface area contributed by atoms with Crippen LogP contribution in [0.2, 0.25) is 0 Å². The number of nitrogens with zero attached hydrogens (tertiary/aromatic N) is 4. The molecule has 246 valence electrons. The van der Waals surface area contributed by atoms with Gasteiger partial charge < -0.3 is 14.7 Å². The monoisotopic (exact) mass is 622 g/mol. The van der Waals surface area contributed by atoms with E-state index in [0.717, 1.165) is 93.5 Å². The number of aromatic nitrogens is 1. The van der Waals surface area contributed by atoms with E-state index in [0.29, 0.717) is 18.2 Å². The molecule has 3 heterocycles. The SMILES string of the molecule is CCCCCc1ccc(C(=O)N(Cc2ccc(-c3ccc(C(=O)N4CCCCC4)cc3)cc2)C2CCN(CCC(C)C)CC2)nc1. The zero-order chi connectivity index (χ0) is 32.3. The minimum Gasteiger partial charge on any atom is -0.339 e. The maximum atomic E-state index is 14.0. The number of hydrogen-bond acceptors (Lipinski definition) is 4. The van der Waals surface area contributed by atoms with Gasteiger partial charge in [0.25, 0.3) is 11.8 Å². The molecule has 0 saturated carbocycles. The van der Waals surface area contributed by atoms with Crippen LogP contribution in [0, 0.1) is 5.92 Å². The third kappa shape index (κ3) is 9.28. The number of amides is 2. The van der Waals surface area contributed by atoms with Crippen molar-refractivity contribution in [2.45, 2.75) is 97.6 Å². The van der Waals surface area contributed by atoms with E-state index in [9.17, 15) is 9.59 Å². The molecule has 0 aliphatic carbocycles. The third-order valence-corrected chi connectivity index (χ3v) is 9.81. The quantitative estimate of drug-likeness (QED) is 0.180. The topological polar surface area (TPSA) is 56.8 Å². The Kier molecular flexibility index (Phi) is 12.4. The van der Waals surface area contributed by atoms with Gasteiger partial charge >= 0.3 is 0 Å². The van der Waals surface area contributed by atoms with Gasteiger partial charge in [0.2, 0.25) is 0 Å². The predicted molar refractivity (Wildman–Crippen MR) is 188 cm³/mol. The summed E-state index contributed by atoms with van der Waals surface area (Å²) in [5.74, 6) is 0.867. The first-order valence-corrected chi connectivity index (χ1v) is 17.9. The molecule has 46 heavy (non-hydrogen) atoms. The zero-order valence-electron chi connectivity index (χ0n) is 28.4. The molecule has 2 aromatic carbocycles. The molecule has 0 atom stereocenters. The molecule has 0 bridgehead atoms. The summed E-state index contributed by atoms with van der Waals surface area (Å²) in [6, 6.07) is 20.8. The number of piperidine rings is 2. The van der Waals surface area contributed by atoms with E-state index in [4.69, 9.17) is 0 Å². The number of aryl methyl sites for hydroxylation is 1. The molecule has 0 spiro atoms. The minimum atomic E-state index is 0.0266. The Morgan fingerprint density at radius 1 is 0.826 bits per heavy atom. The van der Waals surface area contributed by atoms with E-state index in [1.54, 1.807) is 0 Å². The summed E-state index contributed by atoms with van der Waals surface area (Å²) in [5.41, 5.74) is 5.82. The first-order chi connectivity index (χ1) is 22.4. The first kappa shape index (κ1) is 33.8. The molecule has 3 aromatic rings. The second-order valence-corrected chi connectivity index (χ2v) is 13.8. The van der Waals surface area contributed by atoms with Crippen LogP contribution in [0.25, 0.3) is 11.1 Å². The van der Waals surface area contributed by atoms with E-state index in [1.807, 2.05) is 41.4 Å². The van der Waals surface area contributed by atoms with Gasteiger partial charge in [-0.25, -0.2) is 0 Å². The normalized spacial score (nSPS) is 16.1. The number of rotatable bonds is 13. The predicted octanol–water partition coefficient (Wildman–Crippen LogP) is 8.26. The average molecular weight is 623 g/mol. The van der Waals surface area contributed by atoms with Crippen LogP contribution in [0.3, 0.4) is 0 Å². The van der Waals surface area contributed by atoms with Gasteiger partial charge in [0, 0.05) is 50.5 Å². The van der Waals surface area contributed by atoms with Crippen LogP contribution in [0.1, 0.15) is 111 Å². The molecule has 1 aromatic heterocycles. The lowest BCUT2D eigenvalue weighted by atomic mass is 9.99. The van der Waals surface area contributed by atoms with Gasteiger partial charge in [-0.2, -0.15) is 0 Å². The Labute approximate surface area is 277 Å². The summed E-state index contributed by atoms with van der Waals surface area (Å²) in [6.45, 7) is 12.3. The Bertz CT molecular complexity index is 1370. The van der Waals surface area contributed by atoms with E-state index in [2.05, 4.69) is 65.9 Å². The summed E-state index contributed by atoms with van der Waals surface area (Å²) in [7, 11) is 0. The van der Waals surface area contributed by atoms with Gasteiger partial charge in [-0.1, -0.05) is 76.1 Å². The number of pyridine rings is 1. The van der Waals surface area contributed by atoms with Crippen molar-refractivity contribution in [3.63, 3.8) is 0 Å². The van der Waals surface area contributed by atoms with Gasteiger partial charge in [-0.15, -0.1) is 0 Å². The number of hydrogen-bond donors (Lipinski definition) is 0. The molecule has 0 N–H and O–H groups in total. The fourth-order valence-electron chi connectivity index (χ4n) is 6.77. The highest BCUT2D eigenvalue weighted by atomic mass is 16.2. The maximum absolute atomic E-state index is 14.0. The number of carbonyl (C=O) groups is 2. The number of benzene rings is 2. The van der Waals surface area contributed by atoms with Crippen molar-refractivity contribution in [3.8, 4) is 11.1 Å². The highest BCUT2D eigenvalue weighted by molar-refractivity contribution is 5.95. The number of unbranched alkanes of at least 4 members (excludes halogenated alkanes) is 2. The lowest BCUT2D eigenvalue weighted by Gasteiger charge is -2.38. The second-order valence-electron chi connectivity index (χ2n) is 13.8. The molecule has 6 nitrogen and oxygen atoms in total. The summed E-state index contributed by atoms with van der Waals surface area (Å²) in [5, 5.41) is 0. The van der Waals surface area contributed by atoms with Crippen molar-refractivity contribution in [2.75, 3.05) is 32.7 Å². The van der Waals surface area contributed by atoms with E-state index < -0.39 is 0 Å². The van der Waals surface area contributed by atoms with Crippen LogP contribution in [-0.2, 0) is 13.0 Å². The van der Waals surface area contributed by atoms with Crippen LogP contribution in [0.15, 0.2) is 66.9 Å². The van der Waals surface area contributed by atoms with E-state index in [1.165, 1.54) is 31.2 Å². The second kappa shape index (κ2) is 16.9. The summed E-state index contributed by atoms with van der Waals surface area (Å²) in [6.07, 6.45) is 13.1. The van der Waals surface area contributed by atoms with Gasteiger partial charge in [0.05, 0.1) is 0 Å². The van der Waals surface area contributed by atoms with Gasteiger partial charge in [0.15, 0.2) is 0 Å². The summed E-state index contributed by atoms with van der Waals surface area (Å²) >= 11 is 0. The fraction of sp³-hybridized carbons (Fsp3) is 0.525. The molecule has 2 aliphatic rings. The lowest BCUT2D eigenvalue weighted by molar-refractivity contribution is 0.0540. The highest BCUT2D eigenvalue weighted by Crippen LogP contribution is 2.25. The summed E-state index contributed by atoms with van der Waals surface area (Å²) < 4.78 is 0. The van der Waals surface area contributed by atoms with Crippen LogP contribution in [-0.4, -0.2) is 70.3 Å². The molecule has 2 amide bonds. The van der Waals surface area contributed by atoms with E-state index >= 15 is 0 Å². The minimum absolute atomic E-state index is 0.0266. The van der Waals surface area contributed by atoms with Crippen LogP contribution >= 0.6 is 0 Å². The van der Waals surface area contributed by atoms with E-state index in [-0.39, 0.29) is 17.9 Å². The molecule has 0 unspecified atom stereocenters. The molecule has 5 rings (SSSR count). The number of carbonyl (C=O) groups excluding carboxylic acids is 2. The Hall–Kier alpha value is -3.51. The molecular weight excluding hydrogens is 568 g/mol. The first-order valence-electron chi connectivity index (χ1n) is 17.9. The Morgan fingerprint density at radius 2 is 1.48 bits per heavy atom. The van der Waals surface area contributed by atoms with Gasteiger partial charge in [0.1, 0.15) is 5.69 Å². The standard InChI is InChI=1S/C40H54N4O2/c1-4-5-7-10-32-13-20-38(41-29-32)40(46)44(37-22-27-42(28-23-37)26-21-31(2)3)30-33-11-14-34(15-12-33)35-16-18-36(19-17-35)39(45)43-24-8-6-9-25-43/h11-20,29,31,37H,4-10,21-28,30H2,1-3H3. The molecule has 2 aliphatic heterocycles. The van der Waals surface area contributed by atoms with Crippen molar-refractivity contribution < 1.29 is 9.59 Å². The highest BCUT2D eigenvalue weighted by Gasteiger charge is 2.29. The smallest absolute Gasteiger partial charge is 0.272 e. The van der Waals surface area contributed by atoms with Crippen molar-refractivity contribution in [2.24, 2.45) is 5.92 Å². The van der Waals surface area contributed by atoms with Crippen LogP contribution < -0.4 is 0 Å². The number of likely N-dealkylation sites (tertiary alicyclic amines) is 2. The van der Waals surface area contributed by atoms with Crippen molar-refractivity contribution >= 4 is 11.8 Å². The maximum Gasteiger partial charge on any atom is 0.272 e. The van der Waals surface area contributed by atoms with Crippen molar-refractivity contribution in [3.05, 3.63) is 89.2 Å². The summed E-state index contributed by atoms with van der Waals surface area (Å²) in [4.78, 5) is 38.2. The van der Waals surface area contributed by atoms with Crippen LogP contribution in [0.5, 0.6) is 0 Å². The Morgan fingerprint density at radius 3 is 2.09 bits per heavy atom. The molecule has 2 saturated heterocycles. The van der Waals surface area contributed by atoms with Gasteiger partial charge in [-0.05, 0) is 104 Å². The Balaban J connectivity index is 1.27. The largest absolute Gasteiger partial charge is 0.339 e. The molecule has 2 fully saturated rings.